The van der Waals surface area contributed by atoms with Gasteiger partial charge in [-0.15, -0.1) is 0 Å². The second-order valence-corrected chi connectivity index (χ2v) is 4.79. The van der Waals surface area contributed by atoms with Gasteiger partial charge in [-0.25, -0.2) is 4.79 Å². The third kappa shape index (κ3) is 3.62. The molecule has 1 rings (SSSR count). The fourth-order valence-corrected chi connectivity index (χ4v) is 2.09. The Balaban J connectivity index is 2.45. The molecule has 0 radical (unpaired) electrons. The van der Waals surface area contributed by atoms with Gasteiger partial charge in [0.1, 0.15) is 0 Å². The molecular weight excluding hydrogens is 234 g/mol. The monoisotopic (exact) mass is 253 g/mol. The molecule has 1 saturated heterocycles. The number of carboxylic acid groups (broad SMARTS) is 1. The topological polar surface area (TPSA) is 84.6 Å². The fourth-order valence-electron chi connectivity index (χ4n) is 2.09. The summed E-state index contributed by atoms with van der Waals surface area (Å²) in [6, 6.07) is 1.96. The highest BCUT2D eigenvalue weighted by Gasteiger charge is 2.28. The number of aliphatic carboxylic acids is 1. The maximum atomic E-state index is 12.0. The average Bonchev–Trinajstić information content (AvgIpc) is 2.37. The minimum Gasteiger partial charge on any atom is -0.481 e. The first-order valence-electron chi connectivity index (χ1n) is 6.08. The molecule has 0 aliphatic carbocycles. The number of rotatable bonds is 3. The van der Waals surface area contributed by atoms with E-state index in [9.17, 15) is 9.59 Å². The molecule has 1 N–H and O–H groups in total. The molecule has 0 spiro atoms. The minimum atomic E-state index is -0.784. The summed E-state index contributed by atoms with van der Waals surface area (Å²) in [6.45, 7) is 3.11. The van der Waals surface area contributed by atoms with Gasteiger partial charge in [0.15, 0.2) is 0 Å². The van der Waals surface area contributed by atoms with Gasteiger partial charge in [0.05, 0.1) is 17.9 Å². The summed E-state index contributed by atoms with van der Waals surface area (Å²) in [5.41, 5.74) is 0. The molecule has 6 heteroatoms. The van der Waals surface area contributed by atoms with Crippen molar-refractivity contribution < 1.29 is 14.7 Å². The van der Waals surface area contributed by atoms with Gasteiger partial charge in [-0.05, 0) is 19.8 Å². The summed E-state index contributed by atoms with van der Waals surface area (Å²) in [7, 11) is 1.67. The van der Waals surface area contributed by atoms with E-state index in [1.165, 1.54) is 4.90 Å². The quantitative estimate of drug-likeness (QED) is 0.813. The highest BCUT2D eigenvalue weighted by Crippen LogP contribution is 2.18. The zero-order chi connectivity index (χ0) is 13.7. The van der Waals surface area contributed by atoms with Crippen LogP contribution in [0.3, 0.4) is 0 Å². The molecule has 0 aromatic carbocycles. The number of carbonyl (C=O) groups excluding carboxylic acids is 1. The lowest BCUT2D eigenvalue weighted by atomic mass is 9.97. The number of piperidine rings is 1. The lowest BCUT2D eigenvalue weighted by Crippen LogP contribution is -2.47. The molecule has 0 aromatic heterocycles. The summed E-state index contributed by atoms with van der Waals surface area (Å²) >= 11 is 0. The molecule has 1 unspecified atom stereocenters. The molecule has 0 saturated carbocycles. The summed E-state index contributed by atoms with van der Waals surface area (Å²) < 4.78 is 0. The van der Waals surface area contributed by atoms with Crippen LogP contribution in [0.2, 0.25) is 0 Å². The van der Waals surface area contributed by atoms with Crippen LogP contribution in [0.4, 0.5) is 4.79 Å². The van der Waals surface area contributed by atoms with Crippen LogP contribution in [0, 0.1) is 23.2 Å². The van der Waals surface area contributed by atoms with Gasteiger partial charge >= 0.3 is 12.0 Å². The lowest BCUT2D eigenvalue weighted by molar-refractivity contribution is -0.143. The predicted molar refractivity (Wildman–Crippen MR) is 64.7 cm³/mol. The molecule has 6 nitrogen and oxygen atoms in total. The number of nitriles is 1. The number of urea groups is 1. The molecule has 18 heavy (non-hydrogen) atoms. The first-order valence-corrected chi connectivity index (χ1v) is 6.08. The van der Waals surface area contributed by atoms with Crippen LogP contribution in [0.5, 0.6) is 0 Å². The van der Waals surface area contributed by atoms with Crippen LogP contribution in [-0.2, 0) is 4.79 Å². The molecule has 0 aromatic rings. The highest BCUT2D eigenvalue weighted by molar-refractivity contribution is 5.75. The van der Waals surface area contributed by atoms with Crippen molar-refractivity contribution in [2.45, 2.75) is 19.8 Å². The Kier molecular flexibility index (Phi) is 4.95. The van der Waals surface area contributed by atoms with Crippen molar-refractivity contribution in [1.82, 2.24) is 9.80 Å². The lowest BCUT2D eigenvalue weighted by Gasteiger charge is -2.33. The number of nitrogens with zero attached hydrogens (tertiary/aromatic N) is 3. The third-order valence-corrected chi connectivity index (χ3v) is 3.21. The smallest absolute Gasteiger partial charge is 0.319 e. The number of amides is 2. The number of likely N-dealkylation sites (tertiary alicyclic amines) is 1. The van der Waals surface area contributed by atoms with Gasteiger partial charge in [-0.3, -0.25) is 4.79 Å². The van der Waals surface area contributed by atoms with Crippen LogP contribution in [-0.4, -0.2) is 53.6 Å². The van der Waals surface area contributed by atoms with Crippen molar-refractivity contribution in [3.05, 3.63) is 0 Å². The van der Waals surface area contributed by atoms with Crippen LogP contribution < -0.4 is 0 Å². The van der Waals surface area contributed by atoms with E-state index in [0.29, 0.717) is 32.5 Å². The van der Waals surface area contributed by atoms with Crippen LogP contribution in [0.25, 0.3) is 0 Å². The number of carboxylic acids is 1. The van der Waals surface area contributed by atoms with Crippen molar-refractivity contribution >= 4 is 12.0 Å². The minimum absolute atomic E-state index is 0.124. The van der Waals surface area contributed by atoms with E-state index in [1.54, 1.807) is 18.9 Å². The summed E-state index contributed by atoms with van der Waals surface area (Å²) in [5, 5.41) is 17.6. The van der Waals surface area contributed by atoms with Gasteiger partial charge in [-0.2, -0.15) is 5.26 Å². The second-order valence-electron chi connectivity index (χ2n) is 4.79. The van der Waals surface area contributed by atoms with E-state index in [1.807, 2.05) is 0 Å². The fraction of sp³-hybridized carbons (Fsp3) is 0.750. The Morgan fingerprint density at radius 2 is 2.06 bits per heavy atom. The van der Waals surface area contributed by atoms with Crippen molar-refractivity contribution in [3.63, 3.8) is 0 Å². The number of carbonyl (C=O) groups is 2. The van der Waals surface area contributed by atoms with E-state index in [0.717, 1.165) is 0 Å². The Labute approximate surface area is 107 Å². The van der Waals surface area contributed by atoms with Gasteiger partial charge in [0, 0.05) is 26.7 Å². The summed E-state index contributed by atoms with van der Waals surface area (Å²) in [4.78, 5) is 26.0. The van der Waals surface area contributed by atoms with E-state index in [2.05, 4.69) is 6.07 Å². The molecular formula is C12H19N3O3. The first kappa shape index (κ1) is 14.3. The Morgan fingerprint density at radius 1 is 1.50 bits per heavy atom. The Morgan fingerprint density at radius 3 is 2.50 bits per heavy atom. The molecule has 1 aliphatic heterocycles. The normalized spacial score (nSPS) is 17.9. The van der Waals surface area contributed by atoms with Gasteiger partial charge in [0.2, 0.25) is 0 Å². The zero-order valence-electron chi connectivity index (χ0n) is 10.8. The first-order chi connectivity index (χ1) is 8.45. The largest absolute Gasteiger partial charge is 0.481 e. The molecule has 0 bridgehead atoms. The highest BCUT2D eigenvalue weighted by atomic mass is 16.4. The van der Waals surface area contributed by atoms with Gasteiger partial charge < -0.3 is 14.9 Å². The third-order valence-electron chi connectivity index (χ3n) is 3.21. The van der Waals surface area contributed by atoms with Crippen LogP contribution in [0.1, 0.15) is 19.8 Å². The van der Waals surface area contributed by atoms with E-state index < -0.39 is 5.97 Å². The standard InChI is InChI=1S/C12H19N3O3/c1-9(7-13)8-14(2)12(18)15-5-3-10(4-6-15)11(16)17/h9-10H,3-6,8H2,1-2H3,(H,16,17). The van der Waals surface area contributed by atoms with Crippen molar-refractivity contribution in [3.8, 4) is 6.07 Å². The Hall–Kier alpha value is -1.77. The SMILES string of the molecule is CC(C#N)CN(C)C(=O)N1CCC(C(=O)O)CC1. The molecule has 2 amide bonds. The van der Waals surface area contributed by atoms with E-state index >= 15 is 0 Å². The molecule has 1 atom stereocenters. The summed E-state index contributed by atoms with van der Waals surface area (Å²) in [6.07, 6.45) is 1.01. The molecule has 1 aliphatic rings. The van der Waals surface area contributed by atoms with Crippen molar-refractivity contribution in [2.24, 2.45) is 11.8 Å². The van der Waals surface area contributed by atoms with Crippen molar-refractivity contribution in [1.29, 1.82) is 5.26 Å². The maximum Gasteiger partial charge on any atom is 0.319 e. The van der Waals surface area contributed by atoms with Crippen LogP contribution >= 0.6 is 0 Å². The molecule has 1 heterocycles. The molecule has 1 fully saturated rings. The number of hydrogen-bond acceptors (Lipinski definition) is 3. The van der Waals surface area contributed by atoms with Gasteiger partial charge in [0.25, 0.3) is 0 Å². The number of hydrogen-bond donors (Lipinski definition) is 1. The maximum absolute atomic E-state index is 12.0. The van der Waals surface area contributed by atoms with E-state index in [4.69, 9.17) is 10.4 Å². The van der Waals surface area contributed by atoms with E-state index in [-0.39, 0.29) is 17.9 Å². The average molecular weight is 253 g/mol. The molecule has 100 valence electrons. The van der Waals surface area contributed by atoms with Crippen LogP contribution in [0.15, 0.2) is 0 Å². The Bertz CT molecular complexity index is 356. The summed E-state index contributed by atoms with van der Waals surface area (Å²) in [5.74, 6) is -1.32. The predicted octanol–water partition coefficient (Wildman–Crippen LogP) is 0.994. The van der Waals surface area contributed by atoms with Gasteiger partial charge in [-0.1, -0.05) is 0 Å². The second kappa shape index (κ2) is 6.24. The van der Waals surface area contributed by atoms with Crippen molar-refractivity contribution in [2.75, 3.05) is 26.7 Å². The zero-order valence-corrected chi connectivity index (χ0v) is 10.8.